The molecule has 0 fully saturated rings. The number of halogens is 1. The molecule has 1 heterocycles. The molecule has 0 saturated heterocycles. The summed E-state index contributed by atoms with van der Waals surface area (Å²) < 4.78 is 0. The van der Waals surface area contributed by atoms with Crippen molar-refractivity contribution in [3.8, 4) is 0 Å². The third-order valence-corrected chi connectivity index (χ3v) is 2.47. The first-order chi connectivity index (χ1) is 5.33. The van der Waals surface area contributed by atoms with Crippen LogP contribution < -0.4 is 5.73 Å². The van der Waals surface area contributed by atoms with Gasteiger partial charge in [0, 0.05) is 11.8 Å². The fourth-order valence-corrected chi connectivity index (χ4v) is 1.91. The molecule has 0 aromatic rings. The summed E-state index contributed by atoms with van der Waals surface area (Å²) in [6.45, 7) is 0. The average Bonchev–Trinajstić information content (AvgIpc) is 2.15. The van der Waals surface area contributed by atoms with E-state index in [9.17, 15) is 0 Å². The molecule has 1 rings (SSSR count). The first-order valence-electron chi connectivity index (χ1n) is 4.21. The molecule has 0 aliphatic carbocycles. The summed E-state index contributed by atoms with van der Waals surface area (Å²) in [5, 5.41) is 1.04. The van der Waals surface area contributed by atoms with Crippen molar-refractivity contribution in [3.05, 3.63) is 0 Å². The van der Waals surface area contributed by atoms with E-state index in [1.807, 2.05) is 0 Å². The summed E-state index contributed by atoms with van der Waals surface area (Å²) in [6, 6.07) is 0.483. The first-order valence-corrected chi connectivity index (χ1v) is 5.33. The molecule has 0 radical (unpaired) electrons. The van der Waals surface area contributed by atoms with Gasteiger partial charge in [-0.2, -0.15) is 0 Å². The van der Waals surface area contributed by atoms with Crippen molar-refractivity contribution in [2.75, 3.05) is 5.33 Å². The predicted octanol–water partition coefficient (Wildman–Crippen LogP) is 2.07. The monoisotopic (exact) mass is 218 g/mol. The normalized spacial score (nSPS) is 25.9. The summed E-state index contributed by atoms with van der Waals surface area (Å²) in [5.74, 6) is 0.855. The van der Waals surface area contributed by atoms with Gasteiger partial charge < -0.3 is 5.73 Å². The topological polar surface area (TPSA) is 38.4 Å². The van der Waals surface area contributed by atoms with Gasteiger partial charge in [-0.25, -0.2) is 0 Å². The Morgan fingerprint density at radius 1 is 1.55 bits per heavy atom. The lowest BCUT2D eigenvalue weighted by molar-refractivity contribution is 0.580. The molecule has 0 spiro atoms. The van der Waals surface area contributed by atoms with Crippen molar-refractivity contribution >= 4 is 21.8 Å². The summed E-state index contributed by atoms with van der Waals surface area (Å²) in [4.78, 5) is 4.43. The van der Waals surface area contributed by atoms with E-state index in [0.717, 1.165) is 24.0 Å². The third kappa shape index (κ3) is 3.23. The van der Waals surface area contributed by atoms with Gasteiger partial charge in [-0.1, -0.05) is 22.4 Å². The maximum atomic E-state index is 5.69. The van der Waals surface area contributed by atoms with Crippen molar-refractivity contribution < 1.29 is 0 Å². The van der Waals surface area contributed by atoms with E-state index in [0.29, 0.717) is 6.04 Å². The molecule has 3 heteroatoms. The van der Waals surface area contributed by atoms with Crippen molar-refractivity contribution in [1.82, 2.24) is 0 Å². The van der Waals surface area contributed by atoms with Crippen LogP contribution in [0.25, 0.3) is 0 Å². The zero-order valence-electron chi connectivity index (χ0n) is 6.72. The lowest BCUT2D eigenvalue weighted by atomic mass is 10.1. The van der Waals surface area contributed by atoms with Gasteiger partial charge in [-0.15, -0.1) is 0 Å². The molecule has 0 amide bonds. The zero-order chi connectivity index (χ0) is 8.10. The van der Waals surface area contributed by atoms with E-state index >= 15 is 0 Å². The molecule has 0 bridgehead atoms. The van der Waals surface area contributed by atoms with Gasteiger partial charge in [0.25, 0.3) is 0 Å². The van der Waals surface area contributed by atoms with Gasteiger partial charge in [0.1, 0.15) is 0 Å². The molecular formula is C8H15BrN2. The van der Waals surface area contributed by atoms with Crippen LogP contribution in [0.3, 0.4) is 0 Å². The highest BCUT2D eigenvalue weighted by atomic mass is 79.9. The van der Waals surface area contributed by atoms with Crippen LogP contribution >= 0.6 is 15.9 Å². The van der Waals surface area contributed by atoms with Gasteiger partial charge in [0.2, 0.25) is 0 Å². The van der Waals surface area contributed by atoms with Crippen LogP contribution in [0.15, 0.2) is 4.99 Å². The quantitative estimate of drug-likeness (QED) is 0.709. The third-order valence-electron chi connectivity index (χ3n) is 2.01. The highest BCUT2D eigenvalue weighted by Crippen LogP contribution is 2.15. The Morgan fingerprint density at radius 3 is 3.09 bits per heavy atom. The molecule has 1 atom stereocenters. The molecule has 64 valence electrons. The molecule has 2 nitrogen and oxygen atoms in total. The molecule has 0 aromatic heterocycles. The van der Waals surface area contributed by atoms with Gasteiger partial charge >= 0.3 is 0 Å². The molecule has 0 saturated carbocycles. The second kappa shape index (κ2) is 4.75. The summed E-state index contributed by atoms with van der Waals surface area (Å²) >= 11 is 3.42. The van der Waals surface area contributed by atoms with Gasteiger partial charge in [0.15, 0.2) is 0 Å². The fourth-order valence-electron chi connectivity index (χ4n) is 1.38. The maximum absolute atomic E-state index is 5.69. The largest absolute Gasteiger partial charge is 0.387 e. The van der Waals surface area contributed by atoms with Crippen LogP contribution in [-0.4, -0.2) is 17.2 Å². The van der Waals surface area contributed by atoms with Crippen molar-refractivity contribution in [2.45, 2.75) is 38.1 Å². The first kappa shape index (κ1) is 9.04. The van der Waals surface area contributed by atoms with E-state index < -0.39 is 0 Å². The standard InChI is InChI=1S/C8H15BrN2/c9-6-5-7-3-1-2-4-8(10)11-7/h7H,1-6H2,(H2,10,11). The molecular weight excluding hydrogens is 204 g/mol. The number of alkyl halides is 1. The van der Waals surface area contributed by atoms with Gasteiger partial charge in [-0.05, 0) is 19.3 Å². The number of rotatable bonds is 2. The smallest absolute Gasteiger partial charge is 0.0940 e. The molecule has 2 N–H and O–H groups in total. The van der Waals surface area contributed by atoms with Crippen LogP contribution in [0.2, 0.25) is 0 Å². The van der Waals surface area contributed by atoms with Crippen LogP contribution in [0.1, 0.15) is 32.1 Å². The summed E-state index contributed by atoms with van der Waals surface area (Å²) in [7, 11) is 0. The van der Waals surface area contributed by atoms with Gasteiger partial charge in [0.05, 0.1) is 11.9 Å². The molecule has 1 aliphatic heterocycles. The Kier molecular flexibility index (Phi) is 3.91. The minimum absolute atomic E-state index is 0.483. The number of aliphatic imine (C=N–C) groups is 1. The highest BCUT2D eigenvalue weighted by Gasteiger charge is 2.10. The number of nitrogens with zero attached hydrogens (tertiary/aromatic N) is 1. The average molecular weight is 219 g/mol. The Morgan fingerprint density at radius 2 is 2.36 bits per heavy atom. The molecule has 11 heavy (non-hydrogen) atoms. The van der Waals surface area contributed by atoms with E-state index in [-0.39, 0.29) is 0 Å². The minimum atomic E-state index is 0.483. The second-order valence-electron chi connectivity index (χ2n) is 3.00. The van der Waals surface area contributed by atoms with E-state index in [1.54, 1.807) is 0 Å². The number of nitrogens with two attached hydrogens (primary N) is 1. The Bertz CT molecular complexity index is 145. The van der Waals surface area contributed by atoms with E-state index in [2.05, 4.69) is 20.9 Å². The van der Waals surface area contributed by atoms with Crippen LogP contribution in [0, 0.1) is 0 Å². The number of amidine groups is 1. The number of hydrogen-bond acceptors (Lipinski definition) is 2. The minimum Gasteiger partial charge on any atom is -0.387 e. The highest BCUT2D eigenvalue weighted by molar-refractivity contribution is 9.09. The van der Waals surface area contributed by atoms with Crippen LogP contribution in [-0.2, 0) is 0 Å². The van der Waals surface area contributed by atoms with Crippen molar-refractivity contribution in [2.24, 2.45) is 10.7 Å². The Labute approximate surface area is 76.4 Å². The van der Waals surface area contributed by atoms with Gasteiger partial charge in [-0.3, -0.25) is 4.99 Å². The van der Waals surface area contributed by atoms with Crippen molar-refractivity contribution in [3.63, 3.8) is 0 Å². The zero-order valence-corrected chi connectivity index (χ0v) is 8.31. The van der Waals surface area contributed by atoms with E-state index in [1.165, 1.54) is 19.3 Å². The number of hydrogen-bond donors (Lipinski definition) is 1. The lowest BCUT2D eigenvalue weighted by Crippen LogP contribution is -2.14. The second-order valence-corrected chi connectivity index (χ2v) is 3.79. The maximum Gasteiger partial charge on any atom is 0.0940 e. The molecule has 0 aromatic carbocycles. The van der Waals surface area contributed by atoms with E-state index in [4.69, 9.17) is 5.73 Å². The summed E-state index contributed by atoms with van der Waals surface area (Å²) in [6.07, 6.45) is 5.84. The summed E-state index contributed by atoms with van der Waals surface area (Å²) in [5.41, 5.74) is 5.69. The fraction of sp³-hybridized carbons (Fsp3) is 0.875. The predicted molar refractivity (Wildman–Crippen MR) is 52.3 cm³/mol. The lowest BCUT2D eigenvalue weighted by Gasteiger charge is -2.07. The Hall–Kier alpha value is -0.0500. The van der Waals surface area contributed by atoms with Crippen LogP contribution in [0.4, 0.5) is 0 Å². The molecule has 1 aliphatic rings. The van der Waals surface area contributed by atoms with Crippen molar-refractivity contribution in [1.29, 1.82) is 0 Å². The molecule has 1 unspecified atom stereocenters. The Balaban J connectivity index is 2.42. The SMILES string of the molecule is NC1=NC(CCBr)CCCC1. The van der Waals surface area contributed by atoms with Crippen LogP contribution in [0.5, 0.6) is 0 Å².